The van der Waals surface area contributed by atoms with Crippen LogP contribution in [0.15, 0.2) is 6.20 Å². The van der Waals surface area contributed by atoms with Crippen LogP contribution < -0.4 is 10.2 Å². The molecule has 0 atom stereocenters. The first kappa shape index (κ1) is 14.5. The van der Waals surface area contributed by atoms with Gasteiger partial charge in [0, 0.05) is 30.7 Å². The first-order chi connectivity index (χ1) is 8.31. The SMILES string of the molecule is CCCCN(CCCC)c1ncc(CNC)s1. The average molecular weight is 255 g/mol. The molecule has 0 fully saturated rings. The van der Waals surface area contributed by atoms with Crippen molar-refractivity contribution in [1.29, 1.82) is 0 Å². The van der Waals surface area contributed by atoms with Crippen LogP contribution in [0.5, 0.6) is 0 Å². The van der Waals surface area contributed by atoms with Crippen molar-refractivity contribution in [3.8, 4) is 0 Å². The Labute approximate surface area is 109 Å². The molecule has 1 aromatic rings. The summed E-state index contributed by atoms with van der Waals surface area (Å²) in [5.41, 5.74) is 0. The fraction of sp³-hybridized carbons (Fsp3) is 0.769. The predicted octanol–water partition coefficient (Wildman–Crippen LogP) is 3.27. The lowest BCUT2D eigenvalue weighted by Gasteiger charge is -2.21. The smallest absolute Gasteiger partial charge is 0.185 e. The fourth-order valence-electron chi connectivity index (χ4n) is 1.70. The Kier molecular flexibility index (Phi) is 7.21. The molecule has 0 amide bonds. The van der Waals surface area contributed by atoms with Gasteiger partial charge in [-0.1, -0.05) is 26.7 Å². The molecule has 0 radical (unpaired) electrons. The topological polar surface area (TPSA) is 28.2 Å². The lowest BCUT2D eigenvalue weighted by atomic mass is 10.3. The highest BCUT2D eigenvalue weighted by Crippen LogP contribution is 2.23. The van der Waals surface area contributed by atoms with Crippen LogP contribution in [-0.4, -0.2) is 25.1 Å². The Morgan fingerprint density at radius 3 is 2.41 bits per heavy atom. The highest BCUT2D eigenvalue weighted by atomic mass is 32.1. The summed E-state index contributed by atoms with van der Waals surface area (Å²) in [7, 11) is 1.98. The van der Waals surface area contributed by atoms with Gasteiger partial charge >= 0.3 is 0 Å². The third-order valence-corrected chi connectivity index (χ3v) is 3.78. The third kappa shape index (κ3) is 5.04. The fourth-order valence-corrected chi connectivity index (χ4v) is 2.67. The molecule has 0 spiro atoms. The molecule has 1 rings (SSSR count). The number of anilines is 1. The van der Waals surface area contributed by atoms with Crippen LogP contribution >= 0.6 is 11.3 Å². The number of hydrogen-bond acceptors (Lipinski definition) is 4. The predicted molar refractivity (Wildman–Crippen MR) is 76.9 cm³/mol. The van der Waals surface area contributed by atoms with Gasteiger partial charge < -0.3 is 10.2 Å². The lowest BCUT2D eigenvalue weighted by Crippen LogP contribution is -2.25. The summed E-state index contributed by atoms with van der Waals surface area (Å²) >= 11 is 1.82. The van der Waals surface area contributed by atoms with Gasteiger partial charge in [-0.3, -0.25) is 0 Å². The highest BCUT2D eigenvalue weighted by molar-refractivity contribution is 7.15. The van der Waals surface area contributed by atoms with E-state index in [4.69, 9.17) is 0 Å². The Balaban J connectivity index is 2.58. The van der Waals surface area contributed by atoms with Gasteiger partial charge in [-0.2, -0.15) is 0 Å². The number of unbranched alkanes of at least 4 members (excludes halogenated alkanes) is 2. The van der Waals surface area contributed by atoms with Crippen molar-refractivity contribution in [2.24, 2.45) is 0 Å². The van der Waals surface area contributed by atoms with Crippen LogP contribution in [0.25, 0.3) is 0 Å². The van der Waals surface area contributed by atoms with E-state index in [0.717, 1.165) is 19.6 Å². The molecule has 1 N–H and O–H groups in total. The van der Waals surface area contributed by atoms with E-state index in [-0.39, 0.29) is 0 Å². The van der Waals surface area contributed by atoms with Crippen molar-refractivity contribution in [2.45, 2.75) is 46.1 Å². The van der Waals surface area contributed by atoms with E-state index in [1.54, 1.807) is 0 Å². The van der Waals surface area contributed by atoms with Gasteiger partial charge in [-0.05, 0) is 19.9 Å². The second kappa shape index (κ2) is 8.48. The number of hydrogen-bond donors (Lipinski definition) is 1. The normalized spacial score (nSPS) is 10.8. The van der Waals surface area contributed by atoms with E-state index >= 15 is 0 Å². The molecule has 0 aliphatic carbocycles. The number of aromatic nitrogens is 1. The minimum absolute atomic E-state index is 0.924. The van der Waals surface area contributed by atoms with Crippen LogP contribution in [0.1, 0.15) is 44.4 Å². The van der Waals surface area contributed by atoms with Gasteiger partial charge in [0.1, 0.15) is 0 Å². The molecule has 3 nitrogen and oxygen atoms in total. The minimum Gasteiger partial charge on any atom is -0.348 e. The molecule has 0 aliphatic heterocycles. The van der Waals surface area contributed by atoms with Crippen molar-refractivity contribution in [2.75, 3.05) is 25.0 Å². The maximum atomic E-state index is 4.55. The number of nitrogens with zero attached hydrogens (tertiary/aromatic N) is 2. The molecule has 0 aromatic carbocycles. The van der Waals surface area contributed by atoms with Crippen LogP contribution in [0, 0.1) is 0 Å². The zero-order chi connectivity index (χ0) is 12.5. The Hall–Kier alpha value is -0.610. The summed E-state index contributed by atoms with van der Waals surface area (Å²) < 4.78 is 0. The summed E-state index contributed by atoms with van der Waals surface area (Å²) in [5.74, 6) is 0. The van der Waals surface area contributed by atoms with Crippen molar-refractivity contribution in [3.63, 3.8) is 0 Å². The maximum Gasteiger partial charge on any atom is 0.185 e. The van der Waals surface area contributed by atoms with Crippen LogP contribution in [0.4, 0.5) is 5.13 Å². The molecule has 1 aromatic heterocycles. The highest BCUT2D eigenvalue weighted by Gasteiger charge is 2.09. The first-order valence-corrected chi connectivity index (χ1v) is 7.47. The third-order valence-electron chi connectivity index (χ3n) is 2.73. The van der Waals surface area contributed by atoms with Gasteiger partial charge in [0.25, 0.3) is 0 Å². The number of rotatable bonds is 9. The van der Waals surface area contributed by atoms with Gasteiger partial charge in [0.05, 0.1) is 0 Å². The zero-order valence-electron chi connectivity index (χ0n) is 11.3. The second-order valence-electron chi connectivity index (χ2n) is 4.33. The zero-order valence-corrected chi connectivity index (χ0v) is 12.1. The number of nitrogens with one attached hydrogen (secondary N) is 1. The van der Waals surface area contributed by atoms with E-state index in [9.17, 15) is 0 Å². The minimum atomic E-state index is 0.924. The quantitative estimate of drug-likeness (QED) is 0.734. The molecule has 17 heavy (non-hydrogen) atoms. The van der Waals surface area contributed by atoms with Crippen LogP contribution in [-0.2, 0) is 6.54 Å². The van der Waals surface area contributed by atoms with Crippen molar-refractivity contribution >= 4 is 16.5 Å². The molecular weight excluding hydrogens is 230 g/mol. The van der Waals surface area contributed by atoms with E-state index in [1.165, 1.54) is 35.7 Å². The van der Waals surface area contributed by atoms with Gasteiger partial charge in [-0.25, -0.2) is 4.98 Å². The molecule has 0 saturated heterocycles. The van der Waals surface area contributed by atoms with Crippen LogP contribution in [0.2, 0.25) is 0 Å². The molecule has 98 valence electrons. The molecular formula is C13H25N3S. The summed E-state index contributed by atoms with van der Waals surface area (Å²) in [4.78, 5) is 8.31. The Morgan fingerprint density at radius 1 is 1.24 bits per heavy atom. The van der Waals surface area contributed by atoms with Crippen molar-refractivity contribution in [1.82, 2.24) is 10.3 Å². The standard InChI is InChI=1S/C13H25N3S/c1-4-6-8-16(9-7-5-2)13-15-11-12(17-13)10-14-3/h11,14H,4-10H2,1-3H3. The van der Waals surface area contributed by atoms with E-state index in [0.29, 0.717) is 0 Å². The van der Waals surface area contributed by atoms with Gasteiger partial charge in [0.2, 0.25) is 0 Å². The van der Waals surface area contributed by atoms with Crippen molar-refractivity contribution < 1.29 is 0 Å². The monoisotopic (exact) mass is 255 g/mol. The lowest BCUT2D eigenvalue weighted by molar-refractivity contribution is 0.676. The Bertz CT molecular complexity index is 291. The summed E-state index contributed by atoms with van der Waals surface area (Å²) in [6.45, 7) is 7.69. The van der Waals surface area contributed by atoms with Crippen LogP contribution in [0.3, 0.4) is 0 Å². The molecule has 0 unspecified atom stereocenters. The summed E-state index contributed by atoms with van der Waals surface area (Å²) in [6, 6.07) is 0. The molecule has 0 aliphatic rings. The van der Waals surface area contributed by atoms with Gasteiger partial charge in [0.15, 0.2) is 5.13 Å². The van der Waals surface area contributed by atoms with Crippen molar-refractivity contribution in [3.05, 3.63) is 11.1 Å². The van der Waals surface area contributed by atoms with E-state index in [2.05, 4.69) is 29.0 Å². The molecule has 0 saturated carbocycles. The largest absolute Gasteiger partial charge is 0.348 e. The maximum absolute atomic E-state index is 4.55. The summed E-state index contributed by atoms with van der Waals surface area (Å²) in [6.07, 6.45) is 7.01. The molecule has 4 heteroatoms. The average Bonchev–Trinajstić information content (AvgIpc) is 2.78. The summed E-state index contributed by atoms with van der Waals surface area (Å²) in [5, 5.41) is 4.37. The first-order valence-electron chi connectivity index (χ1n) is 6.66. The van der Waals surface area contributed by atoms with Gasteiger partial charge in [-0.15, -0.1) is 11.3 Å². The second-order valence-corrected chi connectivity index (χ2v) is 5.43. The number of thiazole rings is 1. The molecule has 0 bridgehead atoms. The van der Waals surface area contributed by atoms with E-state index in [1.807, 2.05) is 24.6 Å². The Morgan fingerprint density at radius 2 is 1.88 bits per heavy atom. The molecule has 1 heterocycles. The van der Waals surface area contributed by atoms with E-state index < -0.39 is 0 Å².